The molecule has 1 amide bonds. The van der Waals surface area contributed by atoms with E-state index in [-0.39, 0.29) is 30.1 Å². The van der Waals surface area contributed by atoms with E-state index in [1.54, 1.807) is 27.1 Å². The first-order valence-corrected chi connectivity index (χ1v) is 14.0. The van der Waals surface area contributed by atoms with Gasteiger partial charge < -0.3 is 15.1 Å². The lowest BCUT2D eigenvalue weighted by molar-refractivity contribution is -0.122. The molecule has 2 aromatic carbocycles. The second kappa shape index (κ2) is 12.0. The number of fused-ring (bicyclic) bond motifs is 1. The quantitative estimate of drug-likeness (QED) is 0.232. The third-order valence-electron chi connectivity index (χ3n) is 7.41. The fraction of sp³-hybridized carbons (Fsp3) is 0.281. The molecule has 0 aliphatic rings. The summed E-state index contributed by atoms with van der Waals surface area (Å²) in [6.07, 6.45) is 3.29. The first kappa shape index (κ1) is 29.3. The molecule has 0 bridgehead atoms. The van der Waals surface area contributed by atoms with Crippen LogP contribution in [0.5, 0.6) is 0 Å². The van der Waals surface area contributed by atoms with E-state index in [9.17, 15) is 14.4 Å². The van der Waals surface area contributed by atoms with Gasteiger partial charge in [0.25, 0.3) is 11.4 Å². The van der Waals surface area contributed by atoms with Crippen LogP contribution in [0.25, 0.3) is 22.2 Å². The van der Waals surface area contributed by atoms with Crippen molar-refractivity contribution in [1.29, 1.82) is 0 Å². The van der Waals surface area contributed by atoms with E-state index in [1.807, 2.05) is 74.5 Å². The van der Waals surface area contributed by atoms with Crippen LogP contribution in [-0.2, 0) is 16.8 Å². The Kier molecular flexibility index (Phi) is 8.16. The summed E-state index contributed by atoms with van der Waals surface area (Å²) in [5, 5.41) is 14.7. The molecular formula is C32H33N7O4. The van der Waals surface area contributed by atoms with Crippen LogP contribution in [0, 0.1) is 5.92 Å². The SMILES string of the molecule is CNc1ncc(-c2ccccc2)n(CC(=O)N[C@@H](C(=O)c2nnc(C(C)(C)c3cnc4ccccc4c3)o2)C(C)C)c1=O. The molecule has 3 heterocycles. The Morgan fingerprint density at radius 3 is 2.42 bits per heavy atom. The third-order valence-corrected chi connectivity index (χ3v) is 7.41. The van der Waals surface area contributed by atoms with E-state index in [4.69, 9.17) is 4.42 Å². The standard InChI is InChI=1S/C32H33N7O4/c1-19(2)26(36-25(40)18-39-24(20-11-7-6-8-12-20)17-35-28(33-5)30(39)42)27(41)29-37-38-31(43-29)32(3,4)22-15-21-13-9-10-14-23(21)34-16-22/h6-17,19,26H,18H2,1-5H3,(H,33,35)(H,36,40)/t26-/m1/s1. The molecular weight excluding hydrogens is 546 g/mol. The summed E-state index contributed by atoms with van der Waals surface area (Å²) in [6.45, 7) is 7.11. The number of aromatic nitrogens is 5. The zero-order chi connectivity index (χ0) is 30.7. The Labute approximate surface area is 248 Å². The van der Waals surface area contributed by atoms with Gasteiger partial charge in [-0.2, -0.15) is 0 Å². The molecule has 0 aliphatic heterocycles. The fourth-order valence-corrected chi connectivity index (χ4v) is 4.80. The van der Waals surface area contributed by atoms with Crippen molar-refractivity contribution in [3.63, 3.8) is 0 Å². The van der Waals surface area contributed by atoms with Gasteiger partial charge in [0, 0.05) is 18.6 Å². The van der Waals surface area contributed by atoms with Crippen molar-refractivity contribution in [2.24, 2.45) is 5.92 Å². The lowest BCUT2D eigenvalue weighted by atomic mass is 9.85. The molecule has 0 saturated carbocycles. The second-order valence-electron chi connectivity index (χ2n) is 11.1. The van der Waals surface area contributed by atoms with Gasteiger partial charge in [0.15, 0.2) is 5.82 Å². The molecule has 0 saturated heterocycles. The Balaban J connectivity index is 1.38. The zero-order valence-electron chi connectivity index (χ0n) is 24.7. The Morgan fingerprint density at radius 2 is 1.70 bits per heavy atom. The molecule has 0 spiro atoms. The molecule has 5 aromatic rings. The molecule has 220 valence electrons. The van der Waals surface area contributed by atoms with E-state index in [2.05, 4.69) is 30.8 Å². The summed E-state index contributed by atoms with van der Waals surface area (Å²) < 4.78 is 7.24. The van der Waals surface area contributed by atoms with Crippen molar-refractivity contribution in [3.05, 3.63) is 101 Å². The van der Waals surface area contributed by atoms with Crippen molar-refractivity contribution < 1.29 is 14.0 Å². The van der Waals surface area contributed by atoms with Crippen LogP contribution in [0.1, 0.15) is 49.8 Å². The van der Waals surface area contributed by atoms with Gasteiger partial charge in [-0.05, 0) is 43.0 Å². The molecule has 11 nitrogen and oxygen atoms in total. The van der Waals surface area contributed by atoms with Gasteiger partial charge in [-0.3, -0.25) is 23.9 Å². The summed E-state index contributed by atoms with van der Waals surface area (Å²) >= 11 is 0. The summed E-state index contributed by atoms with van der Waals surface area (Å²) in [4.78, 5) is 48.8. The highest BCUT2D eigenvalue weighted by molar-refractivity contribution is 5.98. The Hall–Kier alpha value is -5.19. The zero-order valence-corrected chi connectivity index (χ0v) is 24.7. The molecule has 0 unspecified atom stereocenters. The number of carbonyl (C=O) groups excluding carboxylic acids is 2. The van der Waals surface area contributed by atoms with Crippen LogP contribution in [0.2, 0.25) is 0 Å². The van der Waals surface area contributed by atoms with Crippen LogP contribution in [0.15, 0.2) is 82.3 Å². The molecule has 1 atom stereocenters. The average molecular weight is 580 g/mol. The summed E-state index contributed by atoms with van der Waals surface area (Å²) in [6, 6.07) is 18.0. The highest BCUT2D eigenvalue weighted by atomic mass is 16.4. The molecule has 3 aromatic heterocycles. The smallest absolute Gasteiger partial charge is 0.294 e. The van der Waals surface area contributed by atoms with E-state index in [1.165, 1.54) is 10.8 Å². The lowest BCUT2D eigenvalue weighted by Gasteiger charge is -2.22. The highest BCUT2D eigenvalue weighted by Gasteiger charge is 2.34. The van der Waals surface area contributed by atoms with Crippen LogP contribution in [0.3, 0.4) is 0 Å². The number of amides is 1. The number of hydrogen-bond acceptors (Lipinski definition) is 9. The third kappa shape index (κ3) is 5.92. The Morgan fingerprint density at radius 1 is 0.977 bits per heavy atom. The molecule has 0 radical (unpaired) electrons. The summed E-state index contributed by atoms with van der Waals surface area (Å²) in [5.41, 5.74) is 1.71. The maximum Gasteiger partial charge on any atom is 0.294 e. The van der Waals surface area contributed by atoms with Crippen molar-refractivity contribution in [2.45, 2.75) is 45.7 Å². The molecule has 11 heteroatoms. The fourth-order valence-electron chi connectivity index (χ4n) is 4.80. The van der Waals surface area contributed by atoms with E-state index in [0.29, 0.717) is 5.69 Å². The predicted molar refractivity (Wildman–Crippen MR) is 163 cm³/mol. The maximum absolute atomic E-state index is 13.6. The highest BCUT2D eigenvalue weighted by Crippen LogP contribution is 2.32. The molecule has 2 N–H and O–H groups in total. The number of pyridine rings is 1. The first-order chi connectivity index (χ1) is 20.6. The van der Waals surface area contributed by atoms with E-state index >= 15 is 0 Å². The van der Waals surface area contributed by atoms with Gasteiger partial charge in [0.05, 0.1) is 28.9 Å². The number of nitrogens with zero attached hydrogens (tertiary/aromatic N) is 5. The number of hydrogen-bond donors (Lipinski definition) is 2. The minimum atomic E-state index is -0.965. The van der Waals surface area contributed by atoms with Gasteiger partial charge in [0.1, 0.15) is 6.54 Å². The van der Waals surface area contributed by atoms with Gasteiger partial charge in [0.2, 0.25) is 17.6 Å². The number of carbonyl (C=O) groups is 2. The lowest BCUT2D eigenvalue weighted by Crippen LogP contribution is -2.46. The van der Waals surface area contributed by atoms with Crippen LogP contribution >= 0.6 is 0 Å². The van der Waals surface area contributed by atoms with Crippen LogP contribution < -0.4 is 16.2 Å². The van der Waals surface area contributed by atoms with E-state index < -0.39 is 28.7 Å². The summed E-state index contributed by atoms with van der Waals surface area (Å²) in [7, 11) is 1.58. The molecule has 5 rings (SSSR count). The normalized spacial score (nSPS) is 12.3. The minimum Gasteiger partial charge on any atom is -0.417 e. The van der Waals surface area contributed by atoms with Gasteiger partial charge in [-0.25, -0.2) is 4.98 Å². The predicted octanol–water partition coefficient (Wildman–Crippen LogP) is 4.23. The number of nitrogens with one attached hydrogen (secondary N) is 2. The van der Waals surface area contributed by atoms with E-state index in [0.717, 1.165) is 22.0 Å². The number of para-hydroxylation sites is 1. The number of anilines is 1. The number of Topliss-reactive ketones (excluding diaryl/α,β-unsaturated/α-hetero) is 1. The first-order valence-electron chi connectivity index (χ1n) is 14.0. The van der Waals surface area contributed by atoms with Crippen molar-refractivity contribution in [2.75, 3.05) is 12.4 Å². The van der Waals surface area contributed by atoms with Gasteiger partial charge >= 0.3 is 0 Å². The number of rotatable bonds is 10. The number of ketones is 1. The average Bonchev–Trinajstić information content (AvgIpc) is 3.52. The topological polar surface area (TPSA) is 145 Å². The molecule has 0 fully saturated rings. The largest absolute Gasteiger partial charge is 0.417 e. The maximum atomic E-state index is 13.6. The van der Waals surface area contributed by atoms with Crippen molar-refractivity contribution in [3.8, 4) is 11.3 Å². The molecule has 0 aliphatic carbocycles. The minimum absolute atomic E-state index is 0.103. The van der Waals surface area contributed by atoms with Crippen molar-refractivity contribution >= 4 is 28.4 Å². The second-order valence-corrected chi connectivity index (χ2v) is 11.1. The van der Waals surface area contributed by atoms with Gasteiger partial charge in [-0.1, -0.05) is 62.4 Å². The summed E-state index contributed by atoms with van der Waals surface area (Å²) in [5.74, 6) is -1.21. The van der Waals surface area contributed by atoms with Crippen molar-refractivity contribution in [1.82, 2.24) is 30.0 Å². The number of benzene rings is 2. The molecule has 43 heavy (non-hydrogen) atoms. The Bertz CT molecular complexity index is 1840. The van der Waals surface area contributed by atoms with Gasteiger partial charge in [-0.15, -0.1) is 10.2 Å². The van der Waals surface area contributed by atoms with Crippen LogP contribution in [0.4, 0.5) is 5.82 Å². The van der Waals surface area contributed by atoms with Crippen LogP contribution in [-0.4, -0.2) is 49.5 Å². The monoisotopic (exact) mass is 579 g/mol.